The minimum absolute atomic E-state index is 0.219. The maximum Gasteiger partial charge on any atom is 0.125 e. The van der Waals surface area contributed by atoms with Crippen LogP contribution in [0.2, 0.25) is 0 Å². The molecule has 0 atom stereocenters. The lowest BCUT2D eigenvalue weighted by atomic mass is 10.2. The van der Waals surface area contributed by atoms with Crippen LogP contribution in [0.4, 0.5) is 10.1 Å². The molecule has 0 amide bonds. The highest BCUT2D eigenvalue weighted by Gasteiger charge is 2.18. The zero-order valence-electron chi connectivity index (χ0n) is 11.3. The molecule has 3 nitrogen and oxygen atoms in total. The summed E-state index contributed by atoms with van der Waals surface area (Å²) in [5.41, 5.74) is 3.04. The summed E-state index contributed by atoms with van der Waals surface area (Å²) in [6.07, 6.45) is 5.87. The Kier molecular flexibility index (Phi) is 3.37. The first-order valence-electron chi connectivity index (χ1n) is 6.61. The number of nitrogens with zero attached hydrogens (tertiary/aromatic N) is 3. The van der Waals surface area contributed by atoms with Crippen molar-refractivity contribution in [1.29, 1.82) is 0 Å². The second kappa shape index (κ2) is 5.33. The summed E-state index contributed by atoms with van der Waals surface area (Å²) in [4.78, 5) is 4.41. The van der Waals surface area contributed by atoms with Gasteiger partial charge in [-0.3, -0.25) is 15.0 Å². The predicted octanol–water partition coefficient (Wildman–Crippen LogP) is 3.28. The van der Waals surface area contributed by atoms with Crippen LogP contribution >= 0.6 is 0 Å². The molecule has 4 heteroatoms. The van der Waals surface area contributed by atoms with Crippen LogP contribution in [-0.4, -0.2) is 16.5 Å². The molecule has 0 radical (unpaired) electrons. The normalized spacial score (nSPS) is 14.1. The summed E-state index contributed by atoms with van der Waals surface area (Å²) in [5.74, 6) is -0.219. The maximum atomic E-state index is 13.4. The van der Waals surface area contributed by atoms with Crippen LogP contribution in [0.25, 0.3) is 0 Å². The van der Waals surface area contributed by atoms with E-state index in [1.54, 1.807) is 18.3 Å². The van der Waals surface area contributed by atoms with Gasteiger partial charge in [0.1, 0.15) is 5.82 Å². The molecule has 0 bridgehead atoms. The Hall–Kier alpha value is -2.36. The lowest BCUT2D eigenvalue weighted by Crippen LogP contribution is -2.35. The van der Waals surface area contributed by atoms with E-state index in [0.29, 0.717) is 6.54 Å². The number of benzene rings is 1. The standard InChI is InChI=1S/C16H16FN3/c1-13-5-3-8-18-16(13)12-19-9-4-10-20(19)15-7-2-6-14(17)11-15/h2-9,11H,10,12H2,1H3. The van der Waals surface area contributed by atoms with Gasteiger partial charge in [-0.2, -0.15) is 0 Å². The fourth-order valence-electron chi connectivity index (χ4n) is 2.32. The Labute approximate surface area is 117 Å². The lowest BCUT2D eigenvalue weighted by molar-refractivity contribution is 0.362. The van der Waals surface area contributed by atoms with E-state index in [2.05, 4.69) is 29.1 Å². The van der Waals surface area contributed by atoms with Crippen LogP contribution < -0.4 is 5.01 Å². The molecule has 1 aromatic heterocycles. The number of aromatic nitrogens is 1. The van der Waals surface area contributed by atoms with Crippen molar-refractivity contribution in [3.05, 3.63) is 71.9 Å². The number of anilines is 1. The van der Waals surface area contributed by atoms with Crippen LogP contribution in [0.1, 0.15) is 11.3 Å². The van der Waals surface area contributed by atoms with E-state index in [1.165, 1.54) is 6.07 Å². The molecule has 2 aromatic rings. The summed E-state index contributed by atoms with van der Waals surface area (Å²) < 4.78 is 13.4. The molecule has 1 aromatic carbocycles. The van der Waals surface area contributed by atoms with Gasteiger partial charge < -0.3 is 0 Å². The average molecular weight is 269 g/mol. The highest BCUT2D eigenvalue weighted by Crippen LogP contribution is 2.23. The fourth-order valence-corrected chi connectivity index (χ4v) is 2.32. The molecule has 0 aliphatic carbocycles. The largest absolute Gasteiger partial charge is 0.287 e. The van der Waals surface area contributed by atoms with Crippen molar-refractivity contribution in [1.82, 2.24) is 9.99 Å². The minimum Gasteiger partial charge on any atom is -0.287 e. The van der Waals surface area contributed by atoms with Gasteiger partial charge in [-0.1, -0.05) is 12.1 Å². The molecular formula is C16H16FN3. The molecule has 0 saturated heterocycles. The van der Waals surface area contributed by atoms with E-state index >= 15 is 0 Å². The Morgan fingerprint density at radius 2 is 2.15 bits per heavy atom. The van der Waals surface area contributed by atoms with Crippen molar-refractivity contribution in [3.63, 3.8) is 0 Å². The van der Waals surface area contributed by atoms with Crippen LogP contribution in [0.15, 0.2) is 54.9 Å². The fraction of sp³-hybridized carbons (Fsp3) is 0.188. The molecular weight excluding hydrogens is 253 g/mol. The Morgan fingerprint density at radius 1 is 1.25 bits per heavy atom. The summed E-state index contributed by atoms with van der Waals surface area (Å²) in [5, 5.41) is 4.10. The first-order valence-corrected chi connectivity index (χ1v) is 6.61. The Balaban J connectivity index is 1.82. The van der Waals surface area contributed by atoms with E-state index in [-0.39, 0.29) is 5.82 Å². The molecule has 0 fully saturated rings. The molecule has 0 saturated carbocycles. The average Bonchev–Trinajstić information content (AvgIpc) is 2.90. The number of halogens is 1. The monoisotopic (exact) mass is 269 g/mol. The van der Waals surface area contributed by atoms with Crippen LogP contribution in [-0.2, 0) is 6.54 Å². The van der Waals surface area contributed by atoms with Crippen LogP contribution in [0.5, 0.6) is 0 Å². The number of hydrogen-bond acceptors (Lipinski definition) is 3. The van der Waals surface area contributed by atoms with Crippen molar-refractivity contribution in [2.24, 2.45) is 0 Å². The summed E-state index contributed by atoms with van der Waals surface area (Å²) in [7, 11) is 0. The zero-order valence-corrected chi connectivity index (χ0v) is 11.3. The number of aryl methyl sites for hydroxylation is 1. The molecule has 0 N–H and O–H groups in total. The topological polar surface area (TPSA) is 19.4 Å². The molecule has 2 heterocycles. The van der Waals surface area contributed by atoms with Gasteiger partial charge in [0.15, 0.2) is 0 Å². The molecule has 102 valence electrons. The van der Waals surface area contributed by atoms with E-state index in [9.17, 15) is 4.39 Å². The van der Waals surface area contributed by atoms with Gasteiger partial charge in [0, 0.05) is 12.4 Å². The SMILES string of the molecule is Cc1cccnc1CN1C=CCN1c1cccc(F)c1. The van der Waals surface area contributed by atoms with Gasteiger partial charge in [-0.05, 0) is 42.8 Å². The third-order valence-electron chi connectivity index (χ3n) is 3.40. The Bertz CT molecular complexity index is 639. The molecule has 20 heavy (non-hydrogen) atoms. The van der Waals surface area contributed by atoms with E-state index < -0.39 is 0 Å². The molecule has 1 aliphatic rings. The second-order valence-electron chi connectivity index (χ2n) is 4.81. The first-order chi connectivity index (χ1) is 9.74. The van der Waals surface area contributed by atoms with Gasteiger partial charge in [0.2, 0.25) is 0 Å². The van der Waals surface area contributed by atoms with Crippen molar-refractivity contribution < 1.29 is 4.39 Å². The third kappa shape index (κ3) is 2.50. The number of hydrazine groups is 1. The predicted molar refractivity (Wildman–Crippen MR) is 77.4 cm³/mol. The highest BCUT2D eigenvalue weighted by molar-refractivity contribution is 5.47. The molecule has 1 aliphatic heterocycles. The quantitative estimate of drug-likeness (QED) is 0.852. The summed E-state index contributed by atoms with van der Waals surface area (Å²) in [6, 6.07) is 10.6. The van der Waals surface area contributed by atoms with E-state index in [4.69, 9.17) is 0 Å². The third-order valence-corrected chi connectivity index (χ3v) is 3.40. The smallest absolute Gasteiger partial charge is 0.125 e. The van der Waals surface area contributed by atoms with Crippen LogP contribution in [0.3, 0.4) is 0 Å². The van der Waals surface area contributed by atoms with Gasteiger partial charge in [-0.15, -0.1) is 0 Å². The van der Waals surface area contributed by atoms with E-state index in [0.717, 1.165) is 23.5 Å². The number of hydrogen-bond donors (Lipinski definition) is 0. The van der Waals surface area contributed by atoms with Crippen molar-refractivity contribution in [3.8, 4) is 0 Å². The van der Waals surface area contributed by atoms with Gasteiger partial charge >= 0.3 is 0 Å². The van der Waals surface area contributed by atoms with Crippen molar-refractivity contribution >= 4 is 5.69 Å². The molecule has 0 spiro atoms. The number of pyridine rings is 1. The minimum atomic E-state index is -0.219. The van der Waals surface area contributed by atoms with Gasteiger partial charge in [0.25, 0.3) is 0 Å². The second-order valence-corrected chi connectivity index (χ2v) is 4.81. The van der Waals surface area contributed by atoms with Crippen LogP contribution in [0, 0.1) is 12.7 Å². The van der Waals surface area contributed by atoms with Gasteiger partial charge in [-0.25, -0.2) is 4.39 Å². The summed E-state index contributed by atoms with van der Waals surface area (Å²) in [6.45, 7) is 3.48. The Morgan fingerprint density at radius 3 is 2.95 bits per heavy atom. The first kappa shape index (κ1) is 12.7. The lowest BCUT2D eigenvalue weighted by Gasteiger charge is -2.31. The number of rotatable bonds is 3. The van der Waals surface area contributed by atoms with Crippen molar-refractivity contribution in [2.75, 3.05) is 11.6 Å². The summed E-state index contributed by atoms with van der Waals surface area (Å²) >= 11 is 0. The van der Waals surface area contributed by atoms with Gasteiger partial charge in [0.05, 0.1) is 24.5 Å². The highest BCUT2D eigenvalue weighted by atomic mass is 19.1. The maximum absolute atomic E-state index is 13.4. The molecule has 3 rings (SSSR count). The zero-order chi connectivity index (χ0) is 13.9. The van der Waals surface area contributed by atoms with Crippen molar-refractivity contribution in [2.45, 2.75) is 13.5 Å². The van der Waals surface area contributed by atoms with E-state index in [1.807, 2.05) is 23.3 Å². The molecule has 0 unspecified atom stereocenters.